The fourth-order valence-corrected chi connectivity index (χ4v) is 3.66. The highest BCUT2D eigenvalue weighted by Gasteiger charge is 2.30. The molecular formula is C25H39N7O8. The minimum atomic E-state index is -1.43. The van der Waals surface area contributed by atoms with Gasteiger partial charge in [0.15, 0.2) is 0 Å². The number of rotatable bonds is 19. The van der Waals surface area contributed by atoms with Crippen LogP contribution in [0.2, 0.25) is 0 Å². The fraction of sp³-hybridized carbons (Fsp3) is 0.520. The lowest BCUT2D eigenvalue weighted by Crippen LogP contribution is -2.57. The van der Waals surface area contributed by atoms with Gasteiger partial charge in [0.05, 0.1) is 6.04 Å². The van der Waals surface area contributed by atoms with E-state index in [1.54, 1.807) is 12.1 Å². The van der Waals surface area contributed by atoms with Crippen molar-refractivity contribution in [2.75, 3.05) is 6.54 Å². The third kappa shape index (κ3) is 13.0. The first-order chi connectivity index (χ1) is 18.8. The molecule has 222 valence electrons. The van der Waals surface area contributed by atoms with Gasteiger partial charge in [0, 0.05) is 12.8 Å². The van der Waals surface area contributed by atoms with Gasteiger partial charge in [-0.1, -0.05) is 12.1 Å². The van der Waals surface area contributed by atoms with Crippen LogP contribution >= 0.6 is 0 Å². The van der Waals surface area contributed by atoms with Crippen LogP contribution in [0.25, 0.3) is 0 Å². The maximum atomic E-state index is 13.2. The number of carboxylic acid groups (broad SMARTS) is 1. The number of phenols is 1. The molecule has 0 saturated carbocycles. The molecule has 0 saturated heterocycles. The number of carboxylic acids is 1. The number of aromatic hydroxyl groups is 1. The van der Waals surface area contributed by atoms with Crippen LogP contribution in [0.1, 0.15) is 50.5 Å². The zero-order valence-corrected chi connectivity index (χ0v) is 22.1. The number of primary amides is 2. The Bertz CT molecular complexity index is 1030. The van der Waals surface area contributed by atoms with Gasteiger partial charge >= 0.3 is 5.97 Å². The van der Waals surface area contributed by atoms with Crippen LogP contribution in [-0.2, 0) is 35.2 Å². The van der Waals surface area contributed by atoms with Gasteiger partial charge in [0.1, 0.15) is 23.9 Å². The minimum Gasteiger partial charge on any atom is -0.508 e. The Kier molecular flexibility index (Phi) is 14.7. The van der Waals surface area contributed by atoms with Crippen molar-refractivity contribution in [3.8, 4) is 5.75 Å². The van der Waals surface area contributed by atoms with E-state index in [0.29, 0.717) is 24.9 Å². The predicted octanol–water partition coefficient (Wildman–Crippen LogP) is -2.54. The highest BCUT2D eigenvalue weighted by Crippen LogP contribution is 2.11. The summed E-state index contributed by atoms with van der Waals surface area (Å²) < 4.78 is 0. The molecule has 15 nitrogen and oxygen atoms in total. The summed E-state index contributed by atoms with van der Waals surface area (Å²) in [4.78, 5) is 72.9. The Morgan fingerprint density at radius 2 is 1.20 bits per heavy atom. The summed E-state index contributed by atoms with van der Waals surface area (Å²) in [5.41, 5.74) is 22.5. The van der Waals surface area contributed by atoms with Gasteiger partial charge in [-0.25, -0.2) is 4.79 Å². The molecule has 0 fully saturated rings. The van der Waals surface area contributed by atoms with E-state index in [-0.39, 0.29) is 44.3 Å². The average Bonchev–Trinajstić information content (AvgIpc) is 2.88. The molecule has 5 amide bonds. The van der Waals surface area contributed by atoms with E-state index in [2.05, 4.69) is 16.0 Å². The van der Waals surface area contributed by atoms with Crippen molar-refractivity contribution in [1.29, 1.82) is 0 Å². The Morgan fingerprint density at radius 3 is 1.70 bits per heavy atom. The van der Waals surface area contributed by atoms with Crippen molar-refractivity contribution >= 4 is 35.5 Å². The van der Waals surface area contributed by atoms with E-state index >= 15 is 0 Å². The van der Waals surface area contributed by atoms with Gasteiger partial charge in [-0.15, -0.1) is 0 Å². The molecule has 1 rings (SSSR count). The standard InChI is InChI=1S/C25H39N7O8/c26-12-2-1-3-17(23(37)32-19(25(39)40)9-11-21(29)35)31-24(38)18(8-10-20(28)34)30-22(36)16(27)13-14-4-6-15(33)7-5-14/h4-7,16-19,33H,1-3,8-13,26-27H2,(H2,28,34)(H2,29,35)(H,30,36)(H,31,38)(H,32,37)(H,39,40). The molecule has 15 heteroatoms. The lowest BCUT2D eigenvalue weighted by molar-refractivity contribution is -0.142. The van der Waals surface area contributed by atoms with Crippen molar-refractivity contribution in [3.05, 3.63) is 29.8 Å². The summed E-state index contributed by atoms with van der Waals surface area (Å²) in [6, 6.07) is 1.00. The van der Waals surface area contributed by atoms with Crippen LogP contribution in [0.5, 0.6) is 5.75 Å². The van der Waals surface area contributed by atoms with Gasteiger partial charge < -0.3 is 49.1 Å². The average molecular weight is 566 g/mol. The molecule has 0 radical (unpaired) electrons. The summed E-state index contributed by atoms with van der Waals surface area (Å²) in [6.45, 7) is 0.314. The number of carbonyl (C=O) groups excluding carboxylic acids is 5. The highest BCUT2D eigenvalue weighted by molar-refractivity contribution is 5.94. The minimum absolute atomic E-state index is 0.0394. The molecule has 0 spiro atoms. The molecule has 0 heterocycles. The molecule has 1 aromatic rings. The number of hydrogen-bond donors (Lipinski definition) is 9. The largest absolute Gasteiger partial charge is 0.508 e. The summed E-state index contributed by atoms with van der Waals surface area (Å²) in [7, 11) is 0. The van der Waals surface area contributed by atoms with Crippen LogP contribution < -0.4 is 38.9 Å². The van der Waals surface area contributed by atoms with Crippen LogP contribution in [0, 0.1) is 0 Å². The second-order valence-corrected chi connectivity index (χ2v) is 9.29. The van der Waals surface area contributed by atoms with E-state index in [1.807, 2.05) is 0 Å². The molecule has 0 aliphatic heterocycles. The summed E-state index contributed by atoms with van der Waals surface area (Å²) in [6.07, 6.45) is 0.108. The van der Waals surface area contributed by atoms with Crippen molar-refractivity contribution in [2.24, 2.45) is 22.9 Å². The van der Waals surface area contributed by atoms with Crippen molar-refractivity contribution in [3.63, 3.8) is 0 Å². The molecule has 0 aliphatic rings. The quantitative estimate of drug-likeness (QED) is 0.0792. The third-order valence-electron chi connectivity index (χ3n) is 5.92. The van der Waals surface area contributed by atoms with Crippen LogP contribution in [0.15, 0.2) is 24.3 Å². The molecule has 0 aromatic heterocycles. The Balaban J connectivity index is 3.01. The maximum Gasteiger partial charge on any atom is 0.326 e. The number of unbranched alkanes of at least 4 members (excludes halogenated alkanes) is 1. The molecule has 13 N–H and O–H groups in total. The molecule has 4 unspecified atom stereocenters. The first kappa shape index (κ1) is 33.8. The van der Waals surface area contributed by atoms with Gasteiger partial charge in [-0.3, -0.25) is 24.0 Å². The summed E-state index contributed by atoms with van der Waals surface area (Å²) in [5.74, 6) is -5.18. The third-order valence-corrected chi connectivity index (χ3v) is 5.92. The fourth-order valence-electron chi connectivity index (χ4n) is 3.66. The lowest BCUT2D eigenvalue weighted by atomic mass is 10.0. The van der Waals surface area contributed by atoms with Gasteiger partial charge in [0.2, 0.25) is 29.5 Å². The molecule has 1 aromatic carbocycles. The Labute approximate surface area is 231 Å². The van der Waals surface area contributed by atoms with Crippen LogP contribution in [0.3, 0.4) is 0 Å². The van der Waals surface area contributed by atoms with Crippen molar-refractivity contribution in [1.82, 2.24) is 16.0 Å². The molecule has 0 bridgehead atoms. The maximum absolute atomic E-state index is 13.2. The lowest BCUT2D eigenvalue weighted by Gasteiger charge is -2.25. The molecule has 40 heavy (non-hydrogen) atoms. The van der Waals surface area contributed by atoms with E-state index in [1.165, 1.54) is 12.1 Å². The highest BCUT2D eigenvalue weighted by atomic mass is 16.4. The normalized spacial score (nSPS) is 13.8. The zero-order valence-electron chi connectivity index (χ0n) is 22.1. The topological polar surface area (TPSA) is 283 Å². The molecule has 4 atom stereocenters. The van der Waals surface area contributed by atoms with Gasteiger partial charge in [0.25, 0.3) is 0 Å². The second kappa shape index (κ2) is 17.4. The first-order valence-corrected chi connectivity index (χ1v) is 12.8. The van der Waals surface area contributed by atoms with Crippen LogP contribution in [0.4, 0.5) is 0 Å². The smallest absolute Gasteiger partial charge is 0.326 e. The van der Waals surface area contributed by atoms with E-state index in [9.17, 15) is 39.0 Å². The SMILES string of the molecule is NCCCCC(NC(=O)C(CCC(N)=O)NC(=O)C(N)Cc1ccc(O)cc1)C(=O)NC(CCC(N)=O)C(=O)O. The molecule has 0 aliphatic carbocycles. The molecular weight excluding hydrogens is 526 g/mol. The number of nitrogens with one attached hydrogen (secondary N) is 3. The van der Waals surface area contributed by atoms with E-state index in [4.69, 9.17) is 22.9 Å². The predicted molar refractivity (Wildman–Crippen MR) is 143 cm³/mol. The van der Waals surface area contributed by atoms with E-state index in [0.717, 1.165) is 0 Å². The number of aliphatic carboxylic acids is 1. The number of amides is 5. The van der Waals surface area contributed by atoms with Crippen molar-refractivity contribution < 1.29 is 39.0 Å². The van der Waals surface area contributed by atoms with Crippen molar-refractivity contribution in [2.45, 2.75) is 75.5 Å². The summed E-state index contributed by atoms with van der Waals surface area (Å²) >= 11 is 0. The number of nitrogens with two attached hydrogens (primary N) is 4. The van der Waals surface area contributed by atoms with Crippen LogP contribution in [-0.4, -0.2) is 76.4 Å². The Morgan fingerprint density at radius 1 is 0.725 bits per heavy atom. The number of carbonyl (C=O) groups is 6. The zero-order chi connectivity index (χ0) is 30.2. The van der Waals surface area contributed by atoms with Gasteiger partial charge in [-0.2, -0.15) is 0 Å². The number of hydrogen-bond acceptors (Lipinski definition) is 9. The van der Waals surface area contributed by atoms with E-state index < -0.39 is 59.7 Å². The first-order valence-electron chi connectivity index (χ1n) is 12.8. The monoisotopic (exact) mass is 565 g/mol. The number of benzene rings is 1. The van der Waals surface area contributed by atoms with Gasteiger partial charge in [-0.05, 0) is 62.8 Å². The second-order valence-electron chi connectivity index (χ2n) is 9.29. The number of phenolic OH excluding ortho intramolecular Hbond substituents is 1. The summed E-state index contributed by atoms with van der Waals surface area (Å²) in [5, 5.41) is 26.1. The Hall–Kier alpha value is -4.24.